The second-order valence-corrected chi connectivity index (χ2v) is 13.5. The zero-order chi connectivity index (χ0) is 35.6. The van der Waals surface area contributed by atoms with Gasteiger partial charge in [0.1, 0.15) is 17.6 Å². The van der Waals surface area contributed by atoms with Crippen LogP contribution in [0.5, 0.6) is 5.75 Å². The van der Waals surface area contributed by atoms with Crippen molar-refractivity contribution in [3.8, 4) is 34.4 Å². The van der Waals surface area contributed by atoms with Crippen LogP contribution in [0, 0.1) is 17.1 Å². The molecule has 0 radical (unpaired) electrons. The number of aromatic nitrogens is 4. The molecule has 0 bridgehead atoms. The smallest absolute Gasteiger partial charge is 0.434 e. The summed E-state index contributed by atoms with van der Waals surface area (Å²) in [5.41, 5.74) is 4.23. The molecule has 1 N–H and O–H groups in total. The van der Waals surface area contributed by atoms with Crippen molar-refractivity contribution >= 4 is 17.5 Å². The number of nitrogens with zero attached hydrogens (tertiary/aromatic N) is 6. The number of carbonyl (C=O) groups excluding carboxylic acids is 2. The predicted octanol–water partition coefficient (Wildman–Crippen LogP) is 5.84. The van der Waals surface area contributed by atoms with E-state index in [2.05, 4.69) is 21.3 Å². The van der Waals surface area contributed by atoms with E-state index in [9.17, 15) is 24.0 Å². The number of aryl methyl sites for hydroxylation is 2. The number of nitriles is 1. The van der Waals surface area contributed by atoms with Crippen LogP contribution in [0.3, 0.4) is 0 Å². The Kier molecular flexibility index (Phi) is 7.55. The minimum atomic E-state index is -1.26. The Morgan fingerprint density at radius 3 is 2.57 bits per heavy atom. The summed E-state index contributed by atoms with van der Waals surface area (Å²) in [5.74, 6) is -1.16. The molecule has 12 nitrogen and oxygen atoms in total. The largest absolute Gasteiger partial charge is 0.476 e. The van der Waals surface area contributed by atoms with Gasteiger partial charge in [0.05, 0.1) is 51.5 Å². The molecule has 51 heavy (non-hydrogen) atoms. The van der Waals surface area contributed by atoms with Gasteiger partial charge < -0.3 is 14.1 Å². The van der Waals surface area contributed by atoms with Crippen molar-refractivity contribution in [2.24, 2.45) is 0 Å². The molecule has 2 atom stereocenters. The number of anilines is 1. The second kappa shape index (κ2) is 12.0. The average Bonchev–Trinajstić information content (AvgIpc) is 3.85. The molecule has 0 aliphatic carbocycles. The van der Waals surface area contributed by atoms with Gasteiger partial charge in [0, 0.05) is 18.3 Å². The van der Waals surface area contributed by atoms with E-state index in [0.29, 0.717) is 75.7 Å². The highest BCUT2D eigenvalue weighted by Crippen LogP contribution is 2.50. The highest BCUT2D eigenvalue weighted by molar-refractivity contribution is 6.09. The summed E-state index contributed by atoms with van der Waals surface area (Å²) in [6.07, 6.45) is 3.96. The number of halogens is 1. The Morgan fingerprint density at radius 2 is 1.86 bits per heavy atom. The average molecular weight is 686 g/mol. The van der Waals surface area contributed by atoms with Gasteiger partial charge in [-0.05, 0) is 94.0 Å². The van der Waals surface area contributed by atoms with Gasteiger partial charge in [0.15, 0.2) is 5.60 Å². The molecule has 1 saturated heterocycles. The zero-order valence-electron chi connectivity index (χ0n) is 28.1. The van der Waals surface area contributed by atoms with Crippen molar-refractivity contribution in [1.29, 1.82) is 5.26 Å². The number of benzene rings is 2. The second-order valence-electron chi connectivity index (χ2n) is 13.5. The maximum absolute atomic E-state index is 14.2. The lowest BCUT2D eigenvalue weighted by Crippen LogP contribution is -2.53. The summed E-state index contributed by atoms with van der Waals surface area (Å²) in [5, 5.41) is 15.8. The van der Waals surface area contributed by atoms with E-state index >= 15 is 0 Å². The van der Waals surface area contributed by atoms with Crippen LogP contribution in [0.15, 0.2) is 70.0 Å². The van der Waals surface area contributed by atoms with Gasteiger partial charge in [-0.3, -0.25) is 24.5 Å². The Bertz CT molecular complexity index is 2320. The molecule has 13 heteroatoms. The normalized spacial score (nSPS) is 17.8. The van der Waals surface area contributed by atoms with Gasteiger partial charge in [0.25, 0.3) is 17.7 Å². The first-order valence-corrected chi connectivity index (χ1v) is 16.7. The molecule has 256 valence electrons. The van der Waals surface area contributed by atoms with Crippen molar-refractivity contribution in [1.82, 2.24) is 25.1 Å². The van der Waals surface area contributed by atoms with E-state index in [1.165, 1.54) is 18.3 Å². The van der Waals surface area contributed by atoms with E-state index in [1.54, 1.807) is 55.1 Å². The topological polar surface area (TPSA) is 158 Å². The third-order valence-corrected chi connectivity index (χ3v) is 9.90. The summed E-state index contributed by atoms with van der Waals surface area (Å²) in [4.78, 5) is 53.4. The molecule has 1 fully saturated rings. The third-order valence-electron chi connectivity index (χ3n) is 9.90. The summed E-state index contributed by atoms with van der Waals surface area (Å²) >= 11 is 0. The lowest BCUT2D eigenvalue weighted by Gasteiger charge is -2.41. The molecule has 2 aromatic carbocycles. The fourth-order valence-electron chi connectivity index (χ4n) is 7.40. The fraction of sp³-hybridized carbons (Fsp3) is 0.289. The molecule has 6 heterocycles. The van der Waals surface area contributed by atoms with E-state index in [4.69, 9.17) is 14.1 Å². The SMILES string of the molecule is CC(c1ccc(C#N)cn1)N1C(=O)C(C)(C)Oc2cc(-c3c4c(nc(CCc5ccc(F)cc5)c3-c3n[nH]c(=O)o3)[C@@H]3CCCN3C4=O)ccc21. The van der Waals surface area contributed by atoms with Crippen LogP contribution in [0.2, 0.25) is 0 Å². The van der Waals surface area contributed by atoms with Crippen molar-refractivity contribution in [3.63, 3.8) is 0 Å². The van der Waals surface area contributed by atoms with Crippen LogP contribution in [-0.2, 0) is 17.6 Å². The van der Waals surface area contributed by atoms with Crippen molar-refractivity contribution in [2.75, 3.05) is 11.4 Å². The Labute approximate surface area is 291 Å². The molecule has 3 aromatic heterocycles. The number of hydrogen-bond acceptors (Lipinski definition) is 9. The van der Waals surface area contributed by atoms with E-state index in [0.717, 1.165) is 18.4 Å². The molecule has 0 saturated carbocycles. The molecular formula is C38H32FN7O5. The van der Waals surface area contributed by atoms with Crippen LogP contribution in [-0.4, -0.2) is 49.0 Å². The Balaban J connectivity index is 1.31. The van der Waals surface area contributed by atoms with Gasteiger partial charge in [-0.25, -0.2) is 14.3 Å². The number of carbonyl (C=O) groups is 2. The van der Waals surface area contributed by atoms with Gasteiger partial charge in [-0.2, -0.15) is 5.26 Å². The molecule has 0 spiro atoms. The van der Waals surface area contributed by atoms with Gasteiger partial charge in [-0.1, -0.05) is 18.2 Å². The maximum Gasteiger partial charge on any atom is 0.434 e. The molecule has 5 aromatic rings. The van der Waals surface area contributed by atoms with Gasteiger partial charge in [0.2, 0.25) is 0 Å². The van der Waals surface area contributed by atoms with Gasteiger partial charge >= 0.3 is 5.76 Å². The van der Waals surface area contributed by atoms with Crippen LogP contribution in [0.4, 0.5) is 10.1 Å². The summed E-state index contributed by atoms with van der Waals surface area (Å²) in [6.45, 7) is 5.84. The van der Waals surface area contributed by atoms with Crippen molar-refractivity contribution < 1.29 is 23.1 Å². The predicted molar refractivity (Wildman–Crippen MR) is 182 cm³/mol. The number of ether oxygens (including phenoxy) is 1. The number of nitrogens with one attached hydrogen (secondary N) is 1. The number of amides is 2. The van der Waals surface area contributed by atoms with Gasteiger partial charge in [-0.15, -0.1) is 5.10 Å². The highest BCUT2D eigenvalue weighted by atomic mass is 19.1. The minimum Gasteiger partial charge on any atom is -0.476 e. The first kappa shape index (κ1) is 32.1. The quantitative estimate of drug-likeness (QED) is 0.222. The minimum absolute atomic E-state index is 0.0180. The third kappa shape index (κ3) is 5.34. The zero-order valence-corrected chi connectivity index (χ0v) is 28.1. The number of H-pyrrole nitrogens is 1. The summed E-state index contributed by atoms with van der Waals surface area (Å²) in [6, 6.07) is 16.3. The molecule has 1 unspecified atom stereocenters. The first-order valence-electron chi connectivity index (χ1n) is 16.7. The standard InChI is InChI=1S/C38H32FN7O5/c1-20(25-13-9-22(18-40)19-41-25)46-27-15-10-23(17-29(27)51-38(2,3)36(46)48)30-31(34-43-44-37(49)50-34)26(14-8-21-6-11-24(39)12-7-21)42-33-28-5-4-16-45(28)35(47)32(30)33/h6-7,9-13,15,17,19-20,28H,4-5,8,14,16H2,1-3H3,(H,44,49)/t20?,28-/m0/s1. The molecule has 3 aliphatic rings. The number of hydrogen-bond donors (Lipinski definition) is 1. The number of aromatic amines is 1. The summed E-state index contributed by atoms with van der Waals surface area (Å²) < 4.78 is 25.6. The van der Waals surface area contributed by atoms with Crippen molar-refractivity contribution in [3.05, 3.63) is 111 Å². The first-order chi connectivity index (χ1) is 24.5. The van der Waals surface area contributed by atoms with Crippen LogP contribution in [0.25, 0.3) is 22.6 Å². The number of pyridine rings is 2. The Morgan fingerprint density at radius 1 is 1.06 bits per heavy atom. The molecule has 8 rings (SSSR count). The highest BCUT2D eigenvalue weighted by Gasteiger charge is 2.46. The number of rotatable bonds is 7. The lowest BCUT2D eigenvalue weighted by atomic mass is 9.89. The Hall–Kier alpha value is -6.16. The van der Waals surface area contributed by atoms with E-state index in [-0.39, 0.29) is 29.6 Å². The number of fused-ring (bicyclic) bond motifs is 4. The van der Waals surface area contributed by atoms with Crippen LogP contribution in [0.1, 0.15) is 84.3 Å². The maximum atomic E-state index is 14.2. The summed E-state index contributed by atoms with van der Waals surface area (Å²) in [7, 11) is 0. The fourth-order valence-corrected chi connectivity index (χ4v) is 7.40. The van der Waals surface area contributed by atoms with Crippen LogP contribution < -0.4 is 15.4 Å². The van der Waals surface area contributed by atoms with E-state index in [1.807, 2.05) is 17.9 Å². The monoisotopic (exact) mass is 685 g/mol. The molecular weight excluding hydrogens is 653 g/mol. The molecule has 2 amide bonds. The lowest BCUT2D eigenvalue weighted by molar-refractivity contribution is -0.133. The van der Waals surface area contributed by atoms with E-state index < -0.39 is 17.4 Å². The van der Waals surface area contributed by atoms with Crippen molar-refractivity contribution in [2.45, 2.75) is 64.1 Å². The molecule has 3 aliphatic heterocycles. The van der Waals surface area contributed by atoms with Crippen LogP contribution >= 0.6 is 0 Å².